The van der Waals surface area contributed by atoms with Crippen molar-refractivity contribution in [3.63, 3.8) is 0 Å². The molecule has 0 spiro atoms. The SMILES string of the molecule is CC1(C)OB(c2ccc(OC(F)(F)F)cc2OC(F)F)OC1(C)C. The highest BCUT2D eigenvalue weighted by Gasteiger charge is 2.52. The highest BCUT2D eigenvalue weighted by molar-refractivity contribution is 6.63. The molecule has 0 aromatic heterocycles. The fraction of sp³-hybridized carbons (Fsp3) is 0.571. The third-order valence-corrected chi connectivity index (χ3v) is 3.94. The van der Waals surface area contributed by atoms with Gasteiger partial charge in [0.1, 0.15) is 11.5 Å². The largest absolute Gasteiger partial charge is 0.573 e. The maximum absolute atomic E-state index is 12.6. The number of halogens is 5. The Bertz CT molecular complexity index is 587. The van der Waals surface area contributed by atoms with Crippen LogP contribution in [-0.2, 0) is 9.31 Å². The van der Waals surface area contributed by atoms with E-state index in [0.717, 1.165) is 18.2 Å². The minimum Gasteiger partial charge on any atom is -0.435 e. The van der Waals surface area contributed by atoms with E-state index in [1.54, 1.807) is 27.7 Å². The zero-order valence-electron chi connectivity index (χ0n) is 13.4. The van der Waals surface area contributed by atoms with Crippen LogP contribution in [0.4, 0.5) is 22.0 Å². The molecule has 0 radical (unpaired) electrons. The molecule has 134 valence electrons. The average molecular weight is 354 g/mol. The Morgan fingerprint density at radius 1 is 1.04 bits per heavy atom. The first kappa shape index (κ1) is 18.8. The van der Waals surface area contributed by atoms with Gasteiger partial charge in [0.25, 0.3) is 0 Å². The molecule has 1 fully saturated rings. The Hall–Kier alpha value is -1.55. The fourth-order valence-corrected chi connectivity index (χ4v) is 2.07. The molecule has 1 aromatic rings. The van der Waals surface area contributed by atoms with Crippen molar-refractivity contribution < 1.29 is 40.7 Å². The van der Waals surface area contributed by atoms with Crippen molar-refractivity contribution in [2.75, 3.05) is 0 Å². The summed E-state index contributed by atoms with van der Waals surface area (Å²) in [5, 5.41) is 0. The summed E-state index contributed by atoms with van der Waals surface area (Å²) < 4.78 is 81.5. The maximum Gasteiger partial charge on any atom is 0.573 e. The molecule has 1 heterocycles. The number of ether oxygens (including phenoxy) is 2. The lowest BCUT2D eigenvalue weighted by Crippen LogP contribution is -2.41. The third kappa shape index (κ3) is 4.10. The summed E-state index contributed by atoms with van der Waals surface area (Å²) in [6.45, 7) is 3.78. The summed E-state index contributed by atoms with van der Waals surface area (Å²) in [6, 6.07) is 2.84. The summed E-state index contributed by atoms with van der Waals surface area (Å²) in [6.07, 6.45) is -4.95. The van der Waals surface area contributed by atoms with Crippen LogP contribution in [0.1, 0.15) is 27.7 Å². The third-order valence-electron chi connectivity index (χ3n) is 3.94. The van der Waals surface area contributed by atoms with Crippen LogP contribution >= 0.6 is 0 Å². The molecule has 1 aromatic carbocycles. The van der Waals surface area contributed by atoms with Crippen LogP contribution in [0, 0.1) is 0 Å². The molecular formula is C14H16BF5O4. The number of benzene rings is 1. The van der Waals surface area contributed by atoms with Crippen molar-refractivity contribution in [3.8, 4) is 11.5 Å². The zero-order valence-corrected chi connectivity index (χ0v) is 13.4. The second-order valence-corrected chi connectivity index (χ2v) is 6.21. The predicted molar refractivity (Wildman–Crippen MR) is 75.5 cm³/mol. The van der Waals surface area contributed by atoms with Crippen LogP contribution in [0.2, 0.25) is 0 Å². The summed E-state index contributed by atoms with van der Waals surface area (Å²) in [5.41, 5.74) is -1.45. The number of rotatable bonds is 4. The molecule has 1 aliphatic heterocycles. The van der Waals surface area contributed by atoms with Crippen LogP contribution in [0.5, 0.6) is 11.5 Å². The molecule has 2 rings (SSSR count). The van der Waals surface area contributed by atoms with E-state index in [4.69, 9.17) is 9.31 Å². The molecule has 10 heteroatoms. The first-order valence-electron chi connectivity index (χ1n) is 7.01. The molecule has 24 heavy (non-hydrogen) atoms. The molecule has 1 saturated heterocycles. The highest BCUT2D eigenvalue weighted by Crippen LogP contribution is 2.38. The van der Waals surface area contributed by atoms with Crippen molar-refractivity contribution in [1.29, 1.82) is 0 Å². The molecule has 0 amide bonds. The smallest absolute Gasteiger partial charge is 0.435 e. The minimum atomic E-state index is -4.95. The Balaban J connectivity index is 2.36. The van der Waals surface area contributed by atoms with E-state index in [1.165, 1.54) is 0 Å². The van der Waals surface area contributed by atoms with Gasteiger partial charge in [0.15, 0.2) is 0 Å². The Kier molecular flexibility index (Phi) is 4.75. The maximum atomic E-state index is 12.6. The van der Waals surface area contributed by atoms with Crippen LogP contribution in [0.25, 0.3) is 0 Å². The van der Waals surface area contributed by atoms with Gasteiger partial charge in [0.2, 0.25) is 0 Å². The van der Waals surface area contributed by atoms with Gasteiger partial charge in [-0.05, 0) is 33.8 Å². The molecule has 0 saturated carbocycles. The fourth-order valence-electron chi connectivity index (χ4n) is 2.07. The van der Waals surface area contributed by atoms with Crippen molar-refractivity contribution in [2.45, 2.75) is 51.9 Å². The molecule has 0 aliphatic carbocycles. The van der Waals surface area contributed by atoms with E-state index >= 15 is 0 Å². The van der Waals surface area contributed by atoms with Gasteiger partial charge in [0, 0.05) is 11.5 Å². The van der Waals surface area contributed by atoms with Crippen molar-refractivity contribution in [1.82, 2.24) is 0 Å². The van der Waals surface area contributed by atoms with Crippen molar-refractivity contribution in [2.24, 2.45) is 0 Å². The molecule has 0 unspecified atom stereocenters. The van der Waals surface area contributed by atoms with Gasteiger partial charge in [-0.25, -0.2) is 0 Å². The zero-order chi connectivity index (χ0) is 18.3. The molecule has 0 bridgehead atoms. The Morgan fingerprint density at radius 2 is 1.58 bits per heavy atom. The van der Waals surface area contributed by atoms with Gasteiger partial charge >= 0.3 is 20.1 Å². The van der Waals surface area contributed by atoms with Gasteiger partial charge in [-0.3, -0.25) is 0 Å². The Morgan fingerprint density at radius 3 is 2.04 bits per heavy atom. The van der Waals surface area contributed by atoms with Crippen molar-refractivity contribution in [3.05, 3.63) is 18.2 Å². The number of hydrogen-bond donors (Lipinski definition) is 0. The lowest BCUT2D eigenvalue weighted by molar-refractivity contribution is -0.274. The highest BCUT2D eigenvalue weighted by atomic mass is 19.4. The van der Waals surface area contributed by atoms with E-state index in [0.29, 0.717) is 0 Å². The summed E-state index contributed by atoms with van der Waals surface area (Å²) >= 11 is 0. The molecule has 0 N–H and O–H groups in total. The van der Waals surface area contributed by atoms with Gasteiger partial charge in [-0.1, -0.05) is 6.07 Å². The molecule has 0 atom stereocenters. The van der Waals surface area contributed by atoms with Gasteiger partial charge < -0.3 is 18.8 Å². The average Bonchev–Trinajstić information content (AvgIpc) is 2.55. The van der Waals surface area contributed by atoms with Gasteiger partial charge in [0.05, 0.1) is 11.2 Å². The molecule has 4 nitrogen and oxygen atoms in total. The first-order valence-corrected chi connectivity index (χ1v) is 7.01. The normalized spacial score (nSPS) is 19.7. The minimum absolute atomic E-state index is 0.0449. The van der Waals surface area contributed by atoms with Gasteiger partial charge in [-0.15, -0.1) is 13.2 Å². The molecule has 1 aliphatic rings. The number of hydrogen-bond acceptors (Lipinski definition) is 4. The van der Waals surface area contributed by atoms with E-state index < -0.39 is 42.8 Å². The standard InChI is InChI=1S/C14H16BF5O4/c1-12(2)13(3,4)24-15(23-12)9-6-5-8(22-14(18,19)20)7-10(9)21-11(16)17/h5-7,11H,1-4H3. The van der Waals surface area contributed by atoms with Crippen LogP contribution in [0.15, 0.2) is 18.2 Å². The van der Waals surface area contributed by atoms with Crippen LogP contribution in [0.3, 0.4) is 0 Å². The lowest BCUT2D eigenvalue weighted by Gasteiger charge is -2.32. The molecular weight excluding hydrogens is 338 g/mol. The second kappa shape index (κ2) is 6.07. The topological polar surface area (TPSA) is 36.9 Å². The first-order chi connectivity index (χ1) is 10.8. The van der Waals surface area contributed by atoms with Crippen molar-refractivity contribution >= 4 is 12.6 Å². The second-order valence-electron chi connectivity index (χ2n) is 6.21. The van der Waals surface area contributed by atoms with Crippen LogP contribution in [-0.4, -0.2) is 31.3 Å². The van der Waals surface area contributed by atoms with Crippen LogP contribution < -0.4 is 14.9 Å². The summed E-state index contributed by atoms with van der Waals surface area (Å²) in [5.74, 6) is -1.19. The van der Waals surface area contributed by atoms with E-state index in [-0.39, 0.29) is 5.46 Å². The van der Waals surface area contributed by atoms with Gasteiger partial charge in [-0.2, -0.15) is 8.78 Å². The predicted octanol–water partition coefficient (Wildman–Crippen LogP) is 3.49. The lowest BCUT2D eigenvalue weighted by atomic mass is 9.78. The van der Waals surface area contributed by atoms with E-state index in [2.05, 4.69) is 9.47 Å². The van der Waals surface area contributed by atoms with E-state index in [9.17, 15) is 22.0 Å². The Labute approximate surface area is 136 Å². The summed E-state index contributed by atoms with van der Waals surface area (Å²) in [4.78, 5) is 0. The number of alkyl halides is 5. The summed E-state index contributed by atoms with van der Waals surface area (Å²) in [7, 11) is -1.07. The monoisotopic (exact) mass is 354 g/mol. The van der Waals surface area contributed by atoms with E-state index in [1.807, 2.05) is 0 Å². The quantitative estimate of drug-likeness (QED) is 0.613.